The van der Waals surface area contributed by atoms with Gasteiger partial charge in [-0.25, -0.2) is 0 Å². The minimum Gasteiger partial charge on any atom is -0.512 e. The molecule has 5 aromatic carbocycles. The Morgan fingerprint density at radius 3 is 1.91 bits per heavy atom. The normalized spacial score (nSPS) is 12.5. The molecule has 0 saturated heterocycles. The number of benzene rings is 5. The molecule has 1 aliphatic rings. The molecule has 2 heterocycles. The molecule has 8 heteroatoms. The van der Waals surface area contributed by atoms with Crippen LogP contribution in [0.4, 0.5) is 13.2 Å². The standard InChI is InChI=1S/C36H25F3NO.C13H24O2.Ir/c1-35(2,3)30-17-22(16-21-10-4-5-11-23(21)30)34-29-19-33-28(18-27(29)31(20-40-34)36(37,38)39)25-13-7-6-12-24(25)26-14-8-9-15-32(26)41-33;1-5-10(6-2)12(14)9-13(15)11(7-3)8-4;/h4-15,17-20H,1-3H3;9-11,14H,5-8H2,1-4H3;/q-1;;/b;12-9-;. The molecule has 0 spiro atoms. The summed E-state index contributed by atoms with van der Waals surface area (Å²) in [4.78, 5) is 16.1. The average molecular weight is 949 g/mol. The van der Waals surface area contributed by atoms with Crippen LogP contribution in [0.2, 0.25) is 0 Å². The van der Waals surface area contributed by atoms with Gasteiger partial charge in [-0.1, -0.05) is 120 Å². The Labute approximate surface area is 347 Å². The van der Waals surface area contributed by atoms with Gasteiger partial charge in [0.2, 0.25) is 0 Å². The van der Waals surface area contributed by atoms with Crippen molar-refractivity contribution >= 4 is 27.3 Å². The summed E-state index contributed by atoms with van der Waals surface area (Å²) in [7, 11) is 0. The zero-order chi connectivity index (χ0) is 40.4. The SMILES string of the molecule is CC(C)(C)c1cc(-c2ncc(C(F)(F)F)c3cc4c(cc23)Oc2ccccc2-c2ccccc2-4)[c-]c2ccccc12.CCC(CC)C(=O)/C=C(\O)C(CC)CC.[Ir]. The smallest absolute Gasteiger partial charge is 0.418 e. The first-order valence-electron chi connectivity index (χ1n) is 19.5. The summed E-state index contributed by atoms with van der Waals surface area (Å²) in [6.07, 6.45) is 1.27. The van der Waals surface area contributed by atoms with Gasteiger partial charge in [0.05, 0.1) is 11.3 Å². The summed E-state index contributed by atoms with van der Waals surface area (Å²) in [6.45, 7) is 14.4. The van der Waals surface area contributed by atoms with E-state index in [1.807, 2.05) is 100 Å². The quantitative estimate of drug-likeness (QED) is 0.0937. The molecule has 1 radical (unpaired) electrons. The van der Waals surface area contributed by atoms with E-state index in [1.165, 1.54) is 6.08 Å². The van der Waals surface area contributed by atoms with Crippen molar-refractivity contribution in [1.82, 2.24) is 4.98 Å². The van der Waals surface area contributed by atoms with Gasteiger partial charge in [-0.2, -0.15) is 13.2 Å². The summed E-state index contributed by atoms with van der Waals surface area (Å²) < 4.78 is 49.7. The van der Waals surface area contributed by atoms with Crippen molar-refractivity contribution in [2.24, 2.45) is 11.8 Å². The van der Waals surface area contributed by atoms with Crippen molar-refractivity contribution in [2.75, 3.05) is 0 Å². The Morgan fingerprint density at radius 2 is 1.30 bits per heavy atom. The number of alkyl halides is 3. The van der Waals surface area contributed by atoms with Crippen molar-refractivity contribution < 1.29 is 47.9 Å². The Hall–Kier alpha value is -4.78. The van der Waals surface area contributed by atoms with E-state index in [4.69, 9.17) is 4.74 Å². The Kier molecular flexibility index (Phi) is 13.5. The van der Waals surface area contributed by atoms with Crippen LogP contribution in [0.15, 0.2) is 109 Å². The average Bonchev–Trinajstić information content (AvgIpc) is 3.31. The predicted molar refractivity (Wildman–Crippen MR) is 222 cm³/mol. The molecule has 0 bridgehead atoms. The van der Waals surface area contributed by atoms with Crippen LogP contribution in [0.5, 0.6) is 11.5 Å². The molecule has 0 fully saturated rings. The molecule has 0 amide bonds. The predicted octanol–water partition coefficient (Wildman–Crippen LogP) is 14.5. The van der Waals surface area contributed by atoms with Gasteiger partial charge in [-0.3, -0.25) is 9.78 Å². The maximum Gasteiger partial charge on any atom is 0.418 e. The van der Waals surface area contributed by atoms with E-state index in [2.05, 4.69) is 37.9 Å². The first kappa shape index (κ1) is 43.3. The Balaban J connectivity index is 0.000000333. The number of fused-ring (bicyclic) bond motifs is 7. The molecule has 4 nitrogen and oxygen atoms in total. The fourth-order valence-electron chi connectivity index (χ4n) is 7.61. The van der Waals surface area contributed by atoms with Gasteiger partial charge in [0.15, 0.2) is 5.78 Å². The van der Waals surface area contributed by atoms with Gasteiger partial charge >= 0.3 is 6.18 Å². The number of ketones is 1. The molecule has 6 aromatic rings. The second-order valence-corrected chi connectivity index (χ2v) is 15.4. The maximum atomic E-state index is 14.4. The molecular formula is C49H49F3IrNO3-. The number of halogens is 3. The van der Waals surface area contributed by atoms with E-state index >= 15 is 0 Å². The van der Waals surface area contributed by atoms with Gasteiger partial charge in [0, 0.05) is 61.0 Å². The number of carbonyl (C=O) groups excluding carboxylic acids is 1. The molecule has 1 aromatic heterocycles. The number of aliphatic hydroxyl groups excluding tert-OH is 1. The molecule has 0 atom stereocenters. The number of allylic oxidation sites excluding steroid dienone is 2. The van der Waals surface area contributed by atoms with Gasteiger partial charge in [0.1, 0.15) is 11.5 Å². The van der Waals surface area contributed by atoms with Crippen LogP contribution < -0.4 is 4.74 Å². The number of nitrogens with zero attached hydrogens (tertiary/aromatic N) is 1. The Morgan fingerprint density at radius 1 is 0.719 bits per heavy atom. The summed E-state index contributed by atoms with van der Waals surface area (Å²) >= 11 is 0. The van der Waals surface area contributed by atoms with E-state index in [0.29, 0.717) is 33.7 Å². The van der Waals surface area contributed by atoms with Crippen molar-refractivity contribution in [3.05, 3.63) is 126 Å². The number of hydrogen-bond donors (Lipinski definition) is 1. The van der Waals surface area contributed by atoms with Crippen molar-refractivity contribution in [3.8, 4) is 45.0 Å². The summed E-state index contributed by atoms with van der Waals surface area (Å²) in [5, 5.41) is 12.1. The van der Waals surface area contributed by atoms with E-state index in [1.54, 1.807) is 12.1 Å². The van der Waals surface area contributed by atoms with Gasteiger partial charge in [0.25, 0.3) is 0 Å². The van der Waals surface area contributed by atoms with Gasteiger partial charge in [-0.15, -0.1) is 29.1 Å². The van der Waals surface area contributed by atoms with E-state index in [0.717, 1.165) is 64.9 Å². The van der Waals surface area contributed by atoms with Gasteiger partial charge < -0.3 is 9.84 Å². The third-order valence-corrected chi connectivity index (χ3v) is 10.8. The molecule has 7 rings (SSSR count). The van der Waals surface area contributed by atoms with Crippen LogP contribution >= 0.6 is 0 Å². The number of rotatable bonds is 8. The number of ether oxygens (including phenoxy) is 1. The summed E-state index contributed by atoms with van der Waals surface area (Å²) in [6, 6.07) is 32.1. The monoisotopic (exact) mass is 949 g/mol. The van der Waals surface area contributed by atoms with Crippen LogP contribution in [-0.2, 0) is 36.5 Å². The van der Waals surface area contributed by atoms with Crippen molar-refractivity contribution in [1.29, 1.82) is 0 Å². The van der Waals surface area contributed by atoms with Crippen LogP contribution in [0.25, 0.3) is 55.1 Å². The molecule has 299 valence electrons. The number of para-hydroxylation sites is 1. The number of carbonyl (C=O) groups is 1. The number of aliphatic hydroxyl groups is 1. The van der Waals surface area contributed by atoms with Crippen LogP contribution in [-0.4, -0.2) is 15.9 Å². The van der Waals surface area contributed by atoms with Crippen LogP contribution in [0.1, 0.15) is 85.3 Å². The minimum atomic E-state index is -4.59. The molecular weight excluding hydrogens is 900 g/mol. The number of pyridine rings is 1. The number of aromatic nitrogens is 1. The van der Waals surface area contributed by atoms with E-state index in [-0.39, 0.29) is 54.3 Å². The maximum absolute atomic E-state index is 14.4. The third kappa shape index (κ3) is 9.03. The first-order valence-corrected chi connectivity index (χ1v) is 19.5. The van der Waals surface area contributed by atoms with Crippen molar-refractivity contribution in [2.45, 2.75) is 85.7 Å². The van der Waals surface area contributed by atoms with Crippen LogP contribution in [0, 0.1) is 17.9 Å². The van der Waals surface area contributed by atoms with Crippen molar-refractivity contribution in [3.63, 3.8) is 0 Å². The molecule has 0 aliphatic carbocycles. The van der Waals surface area contributed by atoms with E-state index in [9.17, 15) is 23.1 Å². The fourth-order valence-corrected chi connectivity index (χ4v) is 7.61. The summed E-state index contributed by atoms with van der Waals surface area (Å²) in [5.74, 6) is 1.67. The zero-order valence-corrected chi connectivity index (χ0v) is 35.9. The molecule has 0 unspecified atom stereocenters. The van der Waals surface area contributed by atoms with E-state index < -0.39 is 11.7 Å². The number of hydrogen-bond acceptors (Lipinski definition) is 4. The van der Waals surface area contributed by atoms with Crippen LogP contribution in [0.3, 0.4) is 0 Å². The molecule has 1 aliphatic heterocycles. The molecule has 0 saturated carbocycles. The molecule has 1 N–H and O–H groups in total. The first-order chi connectivity index (χ1) is 26.7. The van der Waals surface area contributed by atoms with Gasteiger partial charge in [-0.05, 0) is 71.2 Å². The minimum absolute atomic E-state index is 0. The molecule has 57 heavy (non-hydrogen) atoms. The summed E-state index contributed by atoms with van der Waals surface area (Å²) in [5.41, 5.74) is 4.36. The second-order valence-electron chi connectivity index (χ2n) is 15.4. The largest absolute Gasteiger partial charge is 0.512 e. The zero-order valence-electron chi connectivity index (χ0n) is 33.5. The third-order valence-electron chi connectivity index (χ3n) is 10.8. The Bertz CT molecular complexity index is 2420. The topological polar surface area (TPSA) is 59.4 Å². The second kappa shape index (κ2) is 17.8. The fraction of sp³-hybridized carbons (Fsp3) is 0.306.